The normalized spacial score (nSPS) is 13.1. The number of anilines is 2. The summed E-state index contributed by atoms with van der Waals surface area (Å²) in [5, 5.41) is 3.73. The van der Waals surface area contributed by atoms with Crippen LogP contribution >= 0.6 is 0 Å². The predicted molar refractivity (Wildman–Crippen MR) is 127 cm³/mol. The van der Waals surface area contributed by atoms with Crippen molar-refractivity contribution in [1.82, 2.24) is 4.98 Å². The van der Waals surface area contributed by atoms with Crippen LogP contribution in [0.2, 0.25) is 0 Å². The summed E-state index contributed by atoms with van der Waals surface area (Å²) in [7, 11) is -2.41. The van der Waals surface area contributed by atoms with E-state index in [1.54, 1.807) is 18.3 Å². The summed E-state index contributed by atoms with van der Waals surface area (Å²) in [5.41, 5.74) is 2.95. The monoisotopic (exact) mass is 459 g/mol. The second kappa shape index (κ2) is 8.22. The van der Waals surface area contributed by atoms with Crippen LogP contribution in [0.5, 0.6) is 5.75 Å². The van der Waals surface area contributed by atoms with E-state index < -0.39 is 15.9 Å². The topological polar surface area (TPSA) is 88.6 Å². The maximum Gasteiger partial charge on any atom is 0.264 e. The number of amides is 1. The van der Waals surface area contributed by atoms with Crippen LogP contribution in [0, 0.1) is 0 Å². The molecule has 2 heterocycles. The number of fused-ring (bicyclic) bond motifs is 2. The van der Waals surface area contributed by atoms with Gasteiger partial charge in [0, 0.05) is 18.1 Å². The number of sulfonamides is 1. The second-order valence-electron chi connectivity index (χ2n) is 7.65. The van der Waals surface area contributed by atoms with Gasteiger partial charge < -0.3 is 10.1 Å². The first-order valence-corrected chi connectivity index (χ1v) is 11.9. The summed E-state index contributed by atoms with van der Waals surface area (Å²) < 4.78 is 33.6. The minimum Gasteiger partial charge on any atom is -0.496 e. The third kappa shape index (κ3) is 3.68. The molecule has 7 nitrogen and oxygen atoms in total. The molecule has 0 unspecified atom stereocenters. The molecule has 1 aromatic heterocycles. The van der Waals surface area contributed by atoms with Crippen molar-refractivity contribution in [3.05, 3.63) is 90.1 Å². The maximum absolute atomic E-state index is 13.4. The second-order valence-corrected chi connectivity index (χ2v) is 9.52. The summed E-state index contributed by atoms with van der Waals surface area (Å²) in [6.07, 6.45) is 2.30. The minimum absolute atomic E-state index is 0.0289. The number of pyridine rings is 1. The maximum atomic E-state index is 13.4. The number of hydrogen-bond acceptors (Lipinski definition) is 5. The number of rotatable bonds is 5. The van der Waals surface area contributed by atoms with Gasteiger partial charge in [0.05, 0.1) is 34.5 Å². The highest BCUT2D eigenvalue weighted by Crippen LogP contribution is 2.34. The molecule has 3 aromatic carbocycles. The molecule has 4 aromatic rings. The number of aromatic nitrogens is 1. The number of nitrogens with zero attached hydrogens (tertiary/aromatic N) is 2. The first-order chi connectivity index (χ1) is 16.0. The molecule has 1 aliphatic rings. The van der Waals surface area contributed by atoms with Gasteiger partial charge in [0.2, 0.25) is 0 Å². The number of para-hydroxylation sites is 2. The zero-order valence-electron chi connectivity index (χ0n) is 17.9. The van der Waals surface area contributed by atoms with Crippen LogP contribution in [-0.4, -0.2) is 33.0 Å². The summed E-state index contributed by atoms with van der Waals surface area (Å²) >= 11 is 0. The van der Waals surface area contributed by atoms with Gasteiger partial charge in [-0.1, -0.05) is 36.4 Å². The molecule has 1 aliphatic heterocycles. The Morgan fingerprint density at radius 1 is 1.03 bits per heavy atom. The highest BCUT2D eigenvalue weighted by Gasteiger charge is 2.31. The number of nitrogens with one attached hydrogen (secondary N) is 1. The molecule has 0 atom stereocenters. The van der Waals surface area contributed by atoms with Gasteiger partial charge in [-0.05, 0) is 48.4 Å². The van der Waals surface area contributed by atoms with Gasteiger partial charge >= 0.3 is 0 Å². The van der Waals surface area contributed by atoms with Crippen molar-refractivity contribution in [3.63, 3.8) is 0 Å². The van der Waals surface area contributed by atoms with Crippen molar-refractivity contribution in [2.24, 2.45) is 0 Å². The van der Waals surface area contributed by atoms with Gasteiger partial charge in [0.25, 0.3) is 15.9 Å². The average molecular weight is 460 g/mol. The first-order valence-electron chi connectivity index (χ1n) is 10.4. The van der Waals surface area contributed by atoms with Crippen LogP contribution in [0.1, 0.15) is 15.9 Å². The number of carbonyl (C=O) groups is 1. The van der Waals surface area contributed by atoms with Gasteiger partial charge in [-0.2, -0.15) is 0 Å². The molecule has 0 spiro atoms. The molecule has 1 N–H and O–H groups in total. The molecule has 166 valence electrons. The molecule has 8 heteroatoms. The van der Waals surface area contributed by atoms with Gasteiger partial charge in [-0.3, -0.25) is 14.1 Å². The lowest BCUT2D eigenvalue weighted by atomic mass is 10.1. The zero-order chi connectivity index (χ0) is 23.0. The molecule has 0 saturated carbocycles. The standard InChI is InChI=1S/C25H21N3O4S/c1-32-23-12-11-19(33(30,31)28-15-13-17-6-2-3-10-22(17)28)16-20(23)25(29)27-21-9-4-7-18-8-5-14-26-24(18)21/h2-12,14,16H,13,15H2,1H3,(H,27,29). The Labute approximate surface area is 191 Å². The van der Waals surface area contributed by atoms with Crippen molar-refractivity contribution in [1.29, 1.82) is 0 Å². The van der Waals surface area contributed by atoms with Crippen LogP contribution in [-0.2, 0) is 16.4 Å². The average Bonchev–Trinajstić information content (AvgIpc) is 3.29. The van der Waals surface area contributed by atoms with Gasteiger partial charge in [0.15, 0.2) is 0 Å². The molecular weight excluding hydrogens is 438 g/mol. The summed E-state index contributed by atoms with van der Waals surface area (Å²) in [4.78, 5) is 17.6. The number of methoxy groups -OCH3 is 1. The molecule has 5 rings (SSSR count). The van der Waals surface area contributed by atoms with E-state index in [4.69, 9.17) is 4.74 Å². The molecule has 0 saturated heterocycles. The van der Waals surface area contributed by atoms with E-state index in [0.717, 1.165) is 10.9 Å². The number of ether oxygens (including phenoxy) is 1. The lowest BCUT2D eigenvalue weighted by molar-refractivity contribution is 0.102. The van der Waals surface area contributed by atoms with Gasteiger partial charge in [0.1, 0.15) is 5.75 Å². The Kier molecular flexibility index (Phi) is 5.22. The number of hydrogen-bond donors (Lipinski definition) is 1. The highest BCUT2D eigenvalue weighted by atomic mass is 32.2. The van der Waals surface area contributed by atoms with E-state index in [1.807, 2.05) is 42.5 Å². The Hall–Kier alpha value is -3.91. The Morgan fingerprint density at radius 3 is 2.70 bits per heavy atom. The Balaban J connectivity index is 1.52. The summed E-state index contributed by atoms with van der Waals surface area (Å²) in [6, 6.07) is 21.0. The molecule has 0 radical (unpaired) electrons. The lowest BCUT2D eigenvalue weighted by Crippen LogP contribution is -2.29. The van der Waals surface area contributed by atoms with Gasteiger partial charge in [-0.15, -0.1) is 0 Å². The van der Waals surface area contributed by atoms with Crippen molar-refractivity contribution in [2.45, 2.75) is 11.3 Å². The fraction of sp³-hybridized carbons (Fsp3) is 0.120. The van der Waals surface area contributed by atoms with E-state index in [1.165, 1.54) is 29.6 Å². The van der Waals surface area contributed by atoms with E-state index in [-0.39, 0.29) is 16.2 Å². The molecule has 0 aliphatic carbocycles. The third-order valence-corrected chi connectivity index (χ3v) is 7.54. The van der Waals surface area contributed by atoms with Crippen LogP contribution < -0.4 is 14.4 Å². The largest absolute Gasteiger partial charge is 0.496 e. The SMILES string of the molecule is COc1ccc(S(=O)(=O)N2CCc3ccccc32)cc1C(=O)Nc1cccc2cccnc12. The van der Waals surface area contributed by atoms with E-state index in [9.17, 15) is 13.2 Å². The summed E-state index contributed by atoms with van der Waals surface area (Å²) in [6.45, 7) is 0.358. The summed E-state index contributed by atoms with van der Waals surface area (Å²) in [5.74, 6) is -0.203. The molecule has 0 fully saturated rings. The highest BCUT2D eigenvalue weighted by molar-refractivity contribution is 7.92. The van der Waals surface area contributed by atoms with Crippen LogP contribution in [0.15, 0.2) is 83.9 Å². The van der Waals surface area contributed by atoms with Crippen molar-refractivity contribution in [2.75, 3.05) is 23.3 Å². The van der Waals surface area contributed by atoms with Crippen molar-refractivity contribution in [3.8, 4) is 5.75 Å². The van der Waals surface area contributed by atoms with E-state index >= 15 is 0 Å². The smallest absolute Gasteiger partial charge is 0.264 e. The Morgan fingerprint density at radius 2 is 1.85 bits per heavy atom. The van der Waals surface area contributed by atoms with Crippen molar-refractivity contribution >= 4 is 38.2 Å². The molecule has 33 heavy (non-hydrogen) atoms. The quantitative estimate of drug-likeness (QED) is 0.482. The van der Waals surface area contributed by atoms with Crippen LogP contribution in [0.4, 0.5) is 11.4 Å². The van der Waals surface area contributed by atoms with Crippen molar-refractivity contribution < 1.29 is 17.9 Å². The Bertz CT molecular complexity index is 1480. The molecule has 1 amide bonds. The molecule has 0 bridgehead atoms. The fourth-order valence-corrected chi connectivity index (χ4v) is 5.63. The van der Waals surface area contributed by atoms with E-state index in [2.05, 4.69) is 10.3 Å². The van der Waals surface area contributed by atoms with E-state index in [0.29, 0.717) is 29.9 Å². The first kappa shape index (κ1) is 21.0. The fourth-order valence-electron chi connectivity index (χ4n) is 4.10. The van der Waals surface area contributed by atoms with Crippen LogP contribution in [0.25, 0.3) is 10.9 Å². The lowest BCUT2D eigenvalue weighted by Gasteiger charge is -2.20. The minimum atomic E-state index is -3.86. The number of benzene rings is 3. The van der Waals surface area contributed by atoms with Gasteiger partial charge in [-0.25, -0.2) is 8.42 Å². The zero-order valence-corrected chi connectivity index (χ0v) is 18.7. The predicted octanol–water partition coefficient (Wildman–Crippen LogP) is 4.25. The third-order valence-electron chi connectivity index (χ3n) is 5.73. The number of carbonyl (C=O) groups excluding carboxylic acids is 1. The van der Waals surface area contributed by atoms with Crippen LogP contribution in [0.3, 0.4) is 0 Å². The molecular formula is C25H21N3O4S.